The van der Waals surface area contributed by atoms with Gasteiger partial charge in [-0.1, -0.05) is 12.1 Å². The molecule has 0 aromatic carbocycles. The van der Waals surface area contributed by atoms with E-state index in [4.69, 9.17) is 15.7 Å². The van der Waals surface area contributed by atoms with E-state index in [0.717, 1.165) is 19.5 Å². The minimum Gasteiger partial charge on any atom is -0.409 e. The van der Waals surface area contributed by atoms with Gasteiger partial charge in [-0.15, -0.1) is 0 Å². The molecule has 3 N–H and O–H groups in total. The Labute approximate surface area is 104 Å². The predicted molar refractivity (Wildman–Crippen MR) is 68.3 cm³/mol. The number of amidine groups is 1. The molecule has 0 aliphatic heterocycles. The van der Waals surface area contributed by atoms with E-state index in [1.54, 1.807) is 7.11 Å². The average Bonchev–Trinajstić information content (AvgIpc) is 2.39. The van der Waals surface area contributed by atoms with Crippen molar-refractivity contribution in [1.29, 1.82) is 0 Å². The van der Waals surface area contributed by atoms with E-state index in [2.05, 4.69) is 17.0 Å². The van der Waals surface area contributed by atoms with E-state index < -0.39 is 0 Å². The molecule has 1 saturated carbocycles. The van der Waals surface area contributed by atoms with Crippen LogP contribution in [0.2, 0.25) is 0 Å². The topological polar surface area (TPSA) is 71.1 Å². The van der Waals surface area contributed by atoms with Crippen LogP contribution in [0.25, 0.3) is 0 Å². The monoisotopic (exact) mass is 243 g/mol. The molecule has 0 heterocycles. The van der Waals surface area contributed by atoms with Crippen molar-refractivity contribution in [2.45, 2.75) is 51.2 Å². The second-order valence-electron chi connectivity index (χ2n) is 4.65. The van der Waals surface area contributed by atoms with E-state index in [9.17, 15) is 0 Å². The Bertz CT molecular complexity index is 246. The Hall–Kier alpha value is -0.810. The fourth-order valence-electron chi connectivity index (χ4n) is 2.57. The summed E-state index contributed by atoms with van der Waals surface area (Å²) >= 11 is 0. The van der Waals surface area contributed by atoms with Gasteiger partial charge in [0.15, 0.2) is 0 Å². The molecule has 0 amide bonds. The molecule has 0 aromatic heterocycles. The van der Waals surface area contributed by atoms with Gasteiger partial charge in [0.05, 0.1) is 6.10 Å². The summed E-state index contributed by atoms with van der Waals surface area (Å²) in [6.45, 7) is 4.01. The lowest BCUT2D eigenvalue weighted by atomic mass is 9.91. The molecule has 0 bridgehead atoms. The fourth-order valence-corrected chi connectivity index (χ4v) is 2.57. The van der Waals surface area contributed by atoms with Crippen molar-refractivity contribution in [2.75, 3.05) is 20.2 Å². The molecule has 17 heavy (non-hydrogen) atoms. The van der Waals surface area contributed by atoms with Gasteiger partial charge >= 0.3 is 0 Å². The Kier molecular flexibility index (Phi) is 6.29. The van der Waals surface area contributed by atoms with E-state index in [1.165, 1.54) is 19.3 Å². The zero-order valence-electron chi connectivity index (χ0n) is 10.9. The molecule has 0 spiro atoms. The van der Waals surface area contributed by atoms with Gasteiger partial charge in [-0.3, -0.25) is 0 Å². The lowest BCUT2D eigenvalue weighted by Gasteiger charge is -2.36. The van der Waals surface area contributed by atoms with Crippen molar-refractivity contribution < 1.29 is 9.94 Å². The summed E-state index contributed by atoms with van der Waals surface area (Å²) in [6.07, 6.45) is 5.74. The van der Waals surface area contributed by atoms with Crippen LogP contribution in [0, 0.1) is 0 Å². The zero-order valence-corrected chi connectivity index (χ0v) is 10.9. The van der Waals surface area contributed by atoms with Crippen LogP contribution < -0.4 is 5.73 Å². The van der Waals surface area contributed by atoms with Crippen molar-refractivity contribution in [3.63, 3.8) is 0 Å². The normalized spacial score (nSPS) is 26.4. The van der Waals surface area contributed by atoms with Gasteiger partial charge in [0.25, 0.3) is 0 Å². The maximum absolute atomic E-state index is 8.54. The number of nitrogens with zero attached hydrogens (tertiary/aromatic N) is 2. The van der Waals surface area contributed by atoms with Crippen LogP contribution >= 0.6 is 0 Å². The van der Waals surface area contributed by atoms with Crippen LogP contribution in [0.15, 0.2) is 5.16 Å². The van der Waals surface area contributed by atoms with Crippen molar-refractivity contribution >= 4 is 5.84 Å². The summed E-state index contributed by atoms with van der Waals surface area (Å²) < 4.78 is 5.45. The first-order valence-corrected chi connectivity index (χ1v) is 6.44. The molecule has 5 heteroatoms. The number of rotatable bonds is 6. The van der Waals surface area contributed by atoms with Crippen LogP contribution in [0.1, 0.15) is 39.0 Å². The SMILES string of the molecule is CCN(CCC(N)=NO)C1CCCC(OC)C1. The molecule has 2 unspecified atom stereocenters. The highest BCUT2D eigenvalue weighted by molar-refractivity contribution is 5.79. The molecule has 1 aliphatic rings. The summed E-state index contributed by atoms with van der Waals surface area (Å²) in [6, 6.07) is 0.574. The summed E-state index contributed by atoms with van der Waals surface area (Å²) in [5.74, 6) is 0.308. The number of ether oxygens (including phenoxy) is 1. The second kappa shape index (κ2) is 7.50. The van der Waals surface area contributed by atoms with Gasteiger partial charge in [0.2, 0.25) is 0 Å². The third-order valence-electron chi connectivity index (χ3n) is 3.64. The molecule has 1 fully saturated rings. The smallest absolute Gasteiger partial charge is 0.140 e. The van der Waals surface area contributed by atoms with E-state index in [-0.39, 0.29) is 0 Å². The Morgan fingerprint density at radius 3 is 2.88 bits per heavy atom. The van der Waals surface area contributed by atoms with Gasteiger partial charge in [0, 0.05) is 26.1 Å². The minimum absolute atomic E-state index is 0.308. The number of methoxy groups -OCH3 is 1. The number of nitrogens with two attached hydrogens (primary N) is 1. The summed E-state index contributed by atoms with van der Waals surface area (Å²) in [5.41, 5.74) is 5.51. The lowest BCUT2D eigenvalue weighted by molar-refractivity contribution is 0.0299. The fraction of sp³-hybridized carbons (Fsp3) is 0.917. The van der Waals surface area contributed by atoms with Crippen molar-refractivity contribution in [2.24, 2.45) is 10.9 Å². The summed E-state index contributed by atoms with van der Waals surface area (Å²) in [4.78, 5) is 2.41. The van der Waals surface area contributed by atoms with Gasteiger partial charge in [-0.25, -0.2) is 0 Å². The molecular formula is C12H25N3O2. The third kappa shape index (κ3) is 4.52. The number of hydrogen-bond acceptors (Lipinski definition) is 4. The molecule has 0 saturated heterocycles. The third-order valence-corrected chi connectivity index (χ3v) is 3.64. The van der Waals surface area contributed by atoms with Crippen molar-refractivity contribution in [3.8, 4) is 0 Å². The predicted octanol–water partition coefficient (Wildman–Crippen LogP) is 1.40. The largest absolute Gasteiger partial charge is 0.409 e. The van der Waals surface area contributed by atoms with Crippen LogP contribution in [-0.4, -0.2) is 48.3 Å². The van der Waals surface area contributed by atoms with Crippen LogP contribution in [-0.2, 0) is 4.74 Å². The van der Waals surface area contributed by atoms with Crippen LogP contribution in [0.5, 0.6) is 0 Å². The quantitative estimate of drug-likeness (QED) is 0.320. The van der Waals surface area contributed by atoms with E-state index in [0.29, 0.717) is 24.4 Å². The zero-order chi connectivity index (χ0) is 12.7. The maximum Gasteiger partial charge on any atom is 0.140 e. The molecule has 1 rings (SSSR count). The maximum atomic E-state index is 8.54. The molecule has 1 aliphatic carbocycles. The van der Waals surface area contributed by atoms with Gasteiger partial charge in [-0.05, 0) is 32.2 Å². The van der Waals surface area contributed by atoms with Crippen LogP contribution in [0.4, 0.5) is 0 Å². The molecule has 2 atom stereocenters. The number of hydrogen-bond donors (Lipinski definition) is 2. The van der Waals surface area contributed by atoms with Crippen molar-refractivity contribution in [1.82, 2.24) is 4.90 Å². The first-order valence-electron chi connectivity index (χ1n) is 6.44. The summed E-state index contributed by atoms with van der Waals surface area (Å²) in [5, 5.41) is 11.5. The lowest BCUT2D eigenvalue weighted by Crippen LogP contribution is -2.42. The minimum atomic E-state index is 0.308. The Morgan fingerprint density at radius 2 is 2.29 bits per heavy atom. The molecule has 100 valence electrons. The highest BCUT2D eigenvalue weighted by atomic mass is 16.5. The Balaban J connectivity index is 2.43. The van der Waals surface area contributed by atoms with E-state index in [1.807, 2.05) is 0 Å². The molecule has 5 nitrogen and oxygen atoms in total. The first-order chi connectivity index (χ1) is 8.21. The second-order valence-corrected chi connectivity index (χ2v) is 4.65. The highest BCUT2D eigenvalue weighted by Gasteiger charge is 2.25. The average molecular weight is 243 g/mol. The molecule has 0 aromatic rings. The number of oxime groups is 1. The van der Waals surface area contributed by atoms with Gasteiger partial charge in [0.1, 0.15) is 5.84 Å². The standard InChI is InChI=1S/C12H25N3O2/c1-3-15(8-7-12(13)14-16)10-5-4-6-11(9-10)17-2/h10-11,16H,3-9H2,1-2H3,(H2,13,14). The molecule has 0 radical (unpaired) electrons. The summed E-state index contributed by atoms with van der Waals surface area (Å²) in [7, 11) is 1.79. The van der Waals surface area contributed by atoms with E-state index >= 15 is 0 Å². The van der Waals surface area contributed by atoms with Gasteiger partial charge < -0.3 is 20.6 Å². The van der Waals surface area contributed by atoms with Crippen LogP contribution in [0.3, 0.4) is 0 Å². The highest BCUT2D eigenvalue weighted by Crippen LogP contribution is 2.24. The van der Waals surface area contributed by atoms with Crippen molar-refractivity contribution in [3.05, 3.63) is 0 Å². The first kappa shape index (κ1) is 14.3. The molecular weight excluding hydrogens is 218 g/mol. The van der Waals surface area contributed by atoms with Gasteiger partial charge in [-0.2, -0.15) is 0 Å². The Morgan fingerprint density at radius 1 is 1.53 bits per heavy atom.